The number of rotatable bonds is 3. The van der Waals surface area contributed by atoms with Crippen molar-refractivity contribution in [3.8, 4) is 11.8 Å². The summed E-state index contributed by atoms with van der Waals surface area (Å²) in [7, 11) is 0. The van der Waals surface area contributed by atoms with Gasteiger partial charge in [-0.1, -0.05) is 12.1 Å². The van der Waals surface area contributed by atoms with Crippen LogP contribution in [-0.4, -0.2) is 9.55 Å². The van der Waals surface area contributed by atoms with Crippen molar-refractivity contribution in [2.75, 3.05) is 0 Å². The van der Waals surface area contributed by atoms with E-state index >= 15 is 0 Å². The number of aromatic nitrogens is 2. The average molecular weight is 376 g/mol. The summed E-state index contributed by atoms with van der Waals surface area (Å²) in [6.07, 6.45) is 3.29. The molecule has 3 aromatic rings. The maximum absolute atomic E-state index is 13.4. The summed E-state index contributed by atoms with van der Waals surface area (Å²) in [5.74, 6) is -0.186. The number of hydrogen-bond acceptors (Lipinski definition) is 6. The predicted octanol–water partition coefficient (Wildman–Crippen LogP) is 2.88. The second-order valence-electron chi connectivity index (χ2n) is 6.25. The van der Waals surface area contributed by atoms with E-state index in [1.807, 2.05) is 30.5 Å². The van der Waals surface area contributed by atoms with Gasteiger partial charge in [0, 0.05) is 29.0 Å². The van der Waals surface area contributed by atoms with Gasteiger partial charge in [0.1, 0.15) is 17.4 Å². The average Bonchev–Trinajstić information content (AvgIpc) is 3.18. The fourth-order valence-electron chi connectivity index (χ4n) is 3.32. The Balaban J connectivity index is 1.95. The maximum atomic E-state index is 13.4. The summed E-state index contributed by atoms with van der Waals surface area (Å²) >= 11 is 1.59. The molecule has 0 unspecified atom stereocenters. The molecule has 0 saturated carbocycles. The van der Waals surface area contributed by atoms with Gasteiger partial charge in [-0.2, -0.15) is 5.26 Å². The van der Waals surface area contributed by atoms with Gasteiger partial charge in [0.05, 0.1) is 18.0 Å². The van der Waals surface area contributed by atoms with E-state index in [1.165, 1.54) is 0 Å². The molecule has 134 valence electrons. The number of allylic oxidation sites excluding steroid dienone is 1. The largest absolute Gasteiger partial charge is 0.440 e. The second kappa shape index (κ2) is 6.74. The maximum Gasteiger partial charge on any atom is 0.259 e. The molecule has 1 aliphatic heterocycles. The zero-order valence-corrected chi connectivity index (χ0v) is 15.4. The zero-order chi connectivity index (χ0) is 19.0. The highest BCUT2D eigenvalue weighted by atomic mass is 32.1. The quantitative estimate of drug-likeness (QED) is 0.758. The first-order chi connectivity index (χ1) is 13.1. The molecule has 0 aliphatic carbocycles. The number of hydrogen-bond donors (Lipinski definition) is 1. The summed E-state index contributed by atoms with van der Waals surface area (Å²) < 4.78 is 7.34. The lowest BCUT2D eigenvalue weighted by Crippen LogP contribution is -2.32. The summed E-state index contributed by atoms with van der Waals surface area (Å²) in [6, 6.07) is 11.5. The molecule has 0 saturated heterocycles. The molecule has 4 rings (SSSR count). The lowest BCUT2D eigenvalue weighted by molar-refractivity contribution is 0.389. The summed E-state index contributed by atoms with van der Waals surface area (Å²) in [5.41, 5.74) is 7.93. The third-order valence-electron chi connectivity index (χ3n) is 4.60. The Bertz CT molecular complexity index is 1130. The first-order valence-electron chi connectivity index (χ1n) is 8.34. The Morgan fingerprint density at radius 1 is 1.41 bits per heavy atom. The van der Waals surface area contributed by atoms with Crippen LogP contribution in [0.15, 0.2) is 64.4 Å². The van der Waals surface area contributed by atoms with Crippen LogP contribution >= 0.6 is 11.3 Å². The van der Waals surface area contributed by atoms with E-state index in [0.717, 1.165) is 16.1 Å². The van der Waals surface area contributed by atoms with E-state index in [-0.39, 0.29) is 17.0 Å². The SMILES string of the molecule is Cc1cc2c(c(=O)n1Cc1cccs1)[C@H](c1cccnc1)C(C#N)=C(N)O2. The minimum Gasteiger partial charge on any atom is -0.440 e. The van der Waals surface area contributed by atoms with Crippen LogP contribution in [0.4, 0.5) is 0 Å². The van der Waals surface area contributed by atoms with Crippen molar-refractivity contribution in [3.05, 3.63) is 91.6 Å². The van der Waals surface area contributed by atoms with Crippen LogP contribution in [0, 0.1) is 18.3 Å². The number of fused-ring (bicyclic) bond motifs is 1. The van der Waals surface area contributed by atoms with Crippen molar-refractivity contribution in [1.82, 2.24) is 9.55 Å². The van der Waals surface area contributed by atoms with Crippen LogP contribution in [0.3, 0.4) is 0 Å². The van der Waals surface area contributed by atoms with Crippen molar-refractivity contribution in [1.29, 1.82) is 5.26 Å². The minimum atomic E-state index is -0.602. The molecular weight excluding hydrogens is 360 g/mol. The zero-order valence-electron chi connectivity index (χ0n) is 14.5. The van der Waals surface area contributed by atoms with Crippen molar-refractivity contribution < 1.29 is 4.74 Å². The number of nitriles is 1. The molecule has 0 radical (unpaired) electrons. The normalized spacial score (nSPS) is 15.8. The molecule has 0 fully saturated rings. The van der Waals surface area contributed by atoms with E-state index in [9.17, 15) is 10.1 Å². The molecule has 0 spiro atoms. The van der Waals surface area contributed by atoms with Crippen molar-refractivity contribution in [3.63, 3.8) is 0 Å². The molecule has 0 amide bonds. The molecule has 2 N–H and O–H groups in total. The Labute approximate surface area is 159 Å². The van der Waals surface area contributed by atoms with Gasteiger partial charge in [-0.3, -0.25) is 9.78 Å². The number of nitrogens with zero attached hydrogens (tertiary/aromatic N) is 3. The van der Waals surface area contributed by atoms with Crippen LogP contribution in [0.5, 0.6) is 5.75 Å². The summed E-state index contributed by atoms with van der Waals surface area (Å²) in [4.78, 5) is 18.6. The number of nitrogens with two attached hydrogens (primary N) is 1. The molecule has 27 heavy (non-hydrogen) atoms. The fourth-order valence-corrected chi connectivity index (χ4v) is 4.01. The molecule has 0 bridgehead atoms. The smallest absolute Gasteiger partial charge is 0.259 e. The standard InChI is InChI=1S/C20H16N4O2S/c1-12-8-16-18(20(25)24(12)11-14-5-3-7-27-14)17(13-4-2-6-23-10-13)15(9-21)19(22)26-16/h2-8,10,17H,11,22H2,1H3/t17-/m1/s1. The van der Waals surface area contributed by atoms with Crippen molar-refractivity contribution in [2.24, 2.45) is 5.73 Å². The number of aryl methyl sites for hydroxylation is 1. The number of pyridine rings is 2. The molecule has 0 aromatic carbocycles. The van der Waals surface area contributed by atoms with E-state index in [2.05, 4.69) is 11.1 Å². The molecular formula is C20H16N4O2S. The third-order valence-corrected chi connectivity index (χ3v) is 5.46. The highest BCUT2D eigenvalue weighted by molar-refractivity contribution is 7.09. The molecule has 3 aromatic heterocycles. The Kier molecular flexibility index (Phi) is 4.26. The number of thiophene rings is 1. The Morgan fingerprint density at radius 3 is 2.93 bits per heavy atom. The minimum absolute atomic E-state index is 0.0219. The van der Waals surface area contributed by atoms with Gasteiger partial charge in [-0.15, -0.1) is 11.3 Å². The van der Waals surface area contributed by atoms with Gasteiger partial charge >= 0.3 is 0 Å². The van der Waals surface area contributed by atoms with Gasteiger partial charge in [0.25, 0.3) is 5.56 Å². The topological polar surface area (TPSA) is 93.9 Å². The Morgan fingerprint density at radius 2 is 2.26 bits per heavy atom. The molecule has 1 aliphatic rings. The van der Waals surface area contributed by atoms with Gasteiger partial charge in [-0.05, 0) is 30.0 Å². The van der Waals surface area contributed by atoms with Crippen LogP contribution in [0.25, 0.3) is 0 Å². The van der Waals surface area contributed by atoms with Gasteiger partial charge in [0.15, 0.2) is 0 Å². The molecule has 7 heteroatoms. The first kappa shape index (κ1) is 17.1. The van der Waals surface area contributed by atoms with E-state index < -0.39 is 5.92 Å². The van der Waals surface area contributed by atoms with E-state index in [1.54, 1.807) is 40.4 Å². The van der Waals surface area contributed by atoms with Crippen molar-refractivity contribution >= 4 is 11.3 Å². The second-order valence-corrected chi connectivity index (χ2v) is 7.28. The fraction of sp³-hybridized carbons (Fsp3) is 0.150. The third kappa shape index (κ3) is 2.90. The summed E-state index contributed by atoms with van der Waals surface area (Å²) in [5, 5.41) is 11.6. The Hall–Kier alpha value is -3.37. The van der Waals surface area contributed by atoms with Crippen LogP contribution in [0.2, 0.25) is 0 Å². The van der Waals surface area contributed by atoms with Gasteiger partial charge in [-0.25, -0.2) is 0 Å². The lowest BCUT2D eigenvalue weighted by Gasteiger charge is -2.27. The molecule has 4 heterocycles. The van der Waals surface area contributed by atoms with Gasteiger partial charge in [0.2, 0.25) is 5.88 Å². The summed E-state index contributed by atoms with van der Waals surface area (Å²) in [6.45, 7) is 2.33. The lowest BCUT2D eigenvalue weighted by atomic mass is 9.85. The van der Waals surface area contributed by atoms with Crippen LogP contribution in [0.1, 0.15) is 27.6 Å². The highest BCUT2D eigenvalue weighted by Gasteiger charge is 2.34. The van der Waals surface area contributed by atoms with E-state index in [0.29, 0.717) is 17.9 Å². The number of ether oxygens (including phenoxy) is 1. The van der Waals surface area contributed by atoms with E-state index in [4.69, 9.17) is 10.5 Å². The van der Waals surface area contributed by atoms with Crippen molar-refractivity contribution in [2.45, 2.75) is 19.4 Å². The molecule has 6 nitrogen and oxygen atoms in total. The highest BCUT2D eigenvalue weighted by Crippen LogP contribution is 2.40. The van der Waals surface area contributed by atoms with Crippen LogP contribution < -0.4 is 16.0 Å². The van der Waals surface area contributed by atoms with Gasteiger partial charge < -0.3 is 15.0 Å². The predicted molar refractivity (Wildman–Crippen MR) is 102 cm³/mol. The molecule has 1 atom stereocenters. The first-order valence-corrected chi connectivity index (χ1v) is 9.22. The monoisotopic (exact) mass is 376 g/mol. The van der Waals surface area contributed by atoms with Crippen LogP contribution in [-0.2, 0) is 6.54 Å².